The number of fused-ring (bicyclic) bond motifs is 1. The van der Waals surface area contributed by atoms with Gasteiger partial charge in [0.15, 0.2) is 11.6 Å². The number of rotatable bonds is 5. The molecule has 0 atom stereocenters. The average Bonchev–Trinajstić information content (AvgIpc) is 2.77. The fourth-order valence-corrected chi connectivity index (χ4v) is 3.22. The first-order valence-electron chi connectivity index (χ1n) is 9.46. The van der Waals surface area contributed by atoms with E-state index < -0.39 is 0 Å². The maximum Gasteiger partial charge on any atom is 0.162 e. The molecule has 0 aliphatic carbocycles. The number of pyridine rings is 1. The highest BCUT2D eigenvalue weighted by Gasteiger charge is 2.19. The number of methoxy groups -OCH3 is 1. The van der Waals surface area contributed by atoms with Crippen molar-refractivity contribution in [1.82, 2.24) is 15.0 Å². The zero-order valence-electron chi connectivity index (χ0n) is 16.5. The third kappa shape index (κ3) is 4.18. The Kier molecular flexibility index (Phi) is 5.64. The Labute approximate surface area is 168 Å². The topological polar surface area (TPSA) is 93.0 Å². The summed E-state index contributed by atoms with van der Waals surface area (Å²) in [7, 11) is 1.61. The number of nitrogens with zero attached hydrogens (tertiary/aromatic N) is 5. The van der Waals surface area contributed by atoms with Crippen LogP contribution >= 0.6 is 0 Å². The number of aromatic nitrogens is 3. The average molecular weight is 393 g/mol. The molecular formula is C21H23N5O3. The molecule has 1 aromatic carbocycles. The number of aromatic hydroxyl groups is 1. The molecule has 0 amide bonds. The van der Waals surface area contributed by atoms with Crippen LogP contribution in [0.3, 0.4) is 0 Å². The number of benzene rings is 1. The van der Waals surface area contributed by atoms with E-state index in [0.29, 0.717) is 25.8 Å². The summed E-state index contributed by atoms with van der Waals surface area (Å²) in [5, 5.41) is 9.88. The summed E-state index contributed by atoms with van der Waals surface area (Å²) < 4.78 is 10.5. The van der Waals surface area contributed by atoms with Crippen LogP contribution in [-0.4, -0.2) is 65.9 Å². The maximum absolute atomic E-state index is 9.88. The van der Waals surface area contributed by atoms with Crippen LogP contribution in [0.2, 0.25) is 0 Å². The molecule has 8 heteroatoms. The lowest BCUT2D eigenvalue weighted by Gasteiger charge is -2.28. The molecule has 0 radical (unpaired) electrons. The number of morpholine rings is 1. The van der Waals surface area contributed by atoms with E-state index in [9.17, 15) is 5.11 Å². The molecule has 8 nitrogen and oxygen atoms in total. The van der Waals surface area contributed by atoms with Crippen molar-refractivity contribution in [1.29, 1.82) is 0 Å². The van der Waals surface area contributed by atoms with Crippen LogP contribution < -0.4 is 4.90 Å². The van der Waals surface area contributed by atoms with Crippen LogP contribution in [0, 0.1) is 0 Å². The molecule has 1 aliphatic rings. The van der Waals surface area contributed by atoms with Gasteiger partial charge < -0.3 is 19.5 Å². The van der Waals surface area contributed by atoms with Gasteiger partial charge >= 0.3 is 0 Å². The third-order valence-electron chi connectivity index (χ3n) is 4.78. The molecule has 1 N–H and O–H groups in total. The second-order valence-electron chi connectivity index (χ2n) is 6.77. The number of anilines is 1. The number of hydrogen-bond donors (Lipinski definition) is 1. The quantitative estimate of drug-likeness (QED) is 0.666. The first-order chi connectivity index (χ1) is 14.2. The van der Waals surface area contributed by atoms with Gasteiger partial charge in [-0.3, -0.25) is 4.99 Å². The summed E-state index contributed by atoms with van der Waals surface area (Å²) >= 11 is 0. The molecule has 0 bridgehead atoms. The molecular weight excluding hydrogens is 370 g/mol. The summed E-state index contributed by atoms with van der Waals surface area (Å²) in [4.78, 5) is 20.7. The molecule has 150 valence electrons. The molecule has 0 spiro atoms. The van der Waals surface area contributed by atoms with E-state index in [0.717, 1.165) is 46.8 Å². The second kappa shape index (κ2) is 8.50. The monoisotopic (exact) mass is 393 g/mol. The van der Waals surface area contributed by atoms with Crippen LogP contribution in [0.25, 0.3) is 22.4 Å². The number of phenols is 1. The lowest BCUT2D eigenvalue weighted by atomic mass is 10.1. The fourth-order valence-electron chi connectivity index (χ4n) is 3.22. The molecule has 1 saturated heterocycles. The van der Waals surface area contributed by atoms with E-state index in [4.69, 9.17) is 19.4 Å². The minimum absolute atomic E-state index is 0.175. The van der Waals surface area contributed by atoms with Gasteiger partial charge in [-0.25, -0.2) is 15.0 Å². The predicted molar refractivity (Wildman–Crippen MR) is 112 cm³/mol. The maximum atomic E-state index is 9.88. The van der Waals surface area contributed by atoms with Crippen molar-refractivity contribution in [3.63, 3.8) is 0 Å². The van der Waals surface area contributed by atoms with E-state index >= 15 is 0 Å². The van der Waals surface area contributed by atoms with Gasteiger partial charge in [0.1, 0.15) is 18.0 Å². The van der Waals surface area contributed by atoms with Gasteiger partial charge in [0, 0.05) is 43.2 Å². The van der Waals surface area contributed by atoms with Crippen LogP contribution in [0.1, 0.15) is 12.5 Å². The number of phenolic OH excluding ortho intramolecular Hbond substituents is 1. The molecule has 29 heavy (non-hydrogen) atoms. The Morgan fingerprint density at radius 3 is 2.83 bits per heavy atom. The van der Waals surface area contributed by atoms with E-state index in [1.54, 1.807) is 31.5 Å². The van der Waals surface area contributed by atoms with Crippen molar-refractivity contribution < 1.29 is 14.6 Å². The molecule has 3 heterocycles. The van der Waals surface area contributed by atoms with E-state index in [2.05, 4.69) is 14.9 Å². The number of hydrogen-bond acceptors (Lipinski definition) is 8. The van der Waals surface area contributed by atoms with E-state index in [-0.39, 0.29) is 5.75 Å². The van der Waals surface area contributed by atoms with Crippen LogP contribution in [0.5, 0.6) is 5.75 Å². The van der Waals surface area contributed by atoms with E-state index in [1.165, 1.54) is 0 Å². The molecule has 2 aromatic heterocycles. The normalized spacial score (nSPS) is 15.1. The van der Waals surface area contributed by atoms with Crippen LogP contribution in [0.15, 0.2) is 41.5 Å². The summed E-state index contributed by atoms with van der Waals surface area (Å²) in [6.45, 7) is 4.98. The molecule has 1 fully saturated rings. The van der Waals surface area contributed by atoms with Gasteiger partial charge in [-0.1, -0.05) is 12.1 Å². The third-order valence-corrected chi connectivity index (χ3v) is 4.78. The SMILES string of the molecule is COCN=C(C)c1cnc2c(N3CCOCC3)nc(-c3cccc(O)c3)nc2c1. The number of aliphatic imine (C=N–C) groups is 1. The highest BCUT2D eigenvalue weighted by atomic mass is 16.5. The molecule has 3 aromatic rings. The molecule has 0 unspecified atom stereocenters. The lowest BCUT2D eigenvalue weighted by molar-refractivity contribution is 0.122. The Morgan fingerprint density at radius 1 is 1.24 bits per heavy atom. The van der Waals surface area contributed by atoms with Gasteiger partial charge in [-0.2, -0.15) is 0 Å². The standard InChI is InChI=1S/C21H23N5O3/c1-14(23-13-28-2)16-11-18-19(22-12-16)21(26-6-8-29-9-7-26)25-20(24-18)15-4-3-5-17(27)10-15/h3-5,10-12,27H,6-9,13H2,1-2H3. The summed E-state index contributed by atoms with van der Waals surface area (Å²) in [6.07, 6.45) is 1.79. The minimum Gasteiger partial charge on any atom is -0.508 e. The van der Waals surface area contributed by atoms with Crippen LogP contribution in [0.4, 0.5) is 5.82 Å². The first-order valence-corrected chi connectivity index (χ1v) is 9.46. The van der Waals surface area contributed by atoms with Gasteiger partial charge in [0.25, 0.3) is 0 Å². The fraction of sp³-hybridized carbons (Fsp3) is 0.333. The van der Waals surface area contributed by atoms with Crippen molar-refractivity contribution in [2.75, 3.05) is 45.0 Å². The highest BCUT2D eigenvalue weighted by molar-refractivity contribution is 6.01. The Balaban J connectivity index is 1.87. The minimum atomic E-state index is 0.175. The molecule has 0 saturated carbocycles. The van der Waals surface area contributed by atoms with Crippen molar-refractivity contribution in [3.8, 4) is 17.1 Å². The van der Waals surface area contributed by atoms with Crippen molar-refractivity contribution in [2.45, 2.75) is 6.92 Å². The Hall–Kier alpha value is -3.10. The van der Waals surface area contributed by atoms with Crippen LogP contribution in [-0.2, 0) is 9.47 Å². The first kappa shape index (κ1) is 19.2. The van der Waals surface area contributed by atoms with Gasteiger partial charge in [0.05, 0.1) is 18.7 Å². The summed E-state index contributed by atoms with van der Waals surface area (Å²) in [6, 6.07) is 8.92. The lowest BCUT2D eigenvalue weighted by Crippen LogP contribution is -2.37. The predicted octanol–water partition coefficient (Wildman–Crippen LogP) is 2.65. The number of ether oxygens (including phenoxy) is 2. The van der Waals surface area contributed by atoms with Gasteiger partial charge in [0.2, 0.25) is 0 Å². The Bertz CT molecular complexity index is 1050. The van der Waals surface area contributed by atoms with Gasteiger partial charge in [-0.15, -0.1) is 0 Å². The van der Waals surface area contributed by atoms with Crippen molar-refractivity contribution in [3.05, 3.63) is 42.1 Å². The smallest absolute Gasteiger partial charge is 0.162 e. The zero-order chi connectivity index (χ0) is 20.2. The van der Waals surface area contributed by atoms with Gasteiger partial charge in [-0.05, 0) is 25.1 Å². The largest absolute Gasteiger partial charge is 0.508 e. The summed E-state index contributed by atoms with van der Waals surface area (Å²) in [5.41, 5.74) is 3.91. The van der Waals surface area contributed by atoms with Crippen molar-refractivity contribution in [2.24, 2.45) is 4.99 Å². The molecule has 4 rings (SSSR count). The Morgan fingerprint density at radius 2 is 2.07 bits per heavy atom. The highest BCUT2D eigenvalue weighted by Crippen LogP contribution is 2.28. The summed E-state index contributed by atoms with van der Waals surface area (Å²) in [5.74, 6) is 1.49. The van der Waals surface area contributed by atoms with E-state index in [1.807, 2.05) is 19.1 Å². The second-order valence-corrected chi connectivity index (χ2v) is 6.77. The molecule has 1 aliphatic heterocycles. The van der Waals surface area contributed by atoms with Crippen molar-refractivity contribution >= 4 is 22.6 Å². The zero-order valence-corrected chi connectivity index (χ0v) is 16.5.